The van der Waals surface area contributed by atoms with Crippen LogP contribution < -0.4 is 20.5 Å². The van der Waals surface area contributed by atoms with Crippen LogP contribution in [0.5, 0.6) is 5.75 Å². The fraction of sp³-hybridized carbons (Fsp3) is 0.297. The molecule has 8 nitrogen and oxygen atoms in total. The largest absolute Gasteiger partial charge is 0.493 e. The number of H-pyrrole nitrogens is 1. The Hall–Kier alpha value is -4.98. The SMILES string of the molecule is CCCN(C(=O)Nc1c(C(C)C)cc(-c2cccc(OCCc3cccnc3)c2)cc1C(C)C)c1cc2cccnc2[nH]c1=O. The van der Waals surface area contributed by atoms with Gasteiger partial charge in [0.1, 0.15) is 17.1 Å². The molecule has 3 aromatic heterocycles. The summed E-state index contributed by atoms with van der Waals surface area (Å²) in [4.78, 5) is 39.8. The molecule has 3 heterocycles. The summed E-state index contributed by atoms with van der Waals surface area (Å²) in [5, 5.41) is 3.99. The van der Waals surface area contributed by atoms with Gasteiger partial charge in [0, 0.05) is 42.6 Å². The highest BCUT2D eigenvalue weighted by Gasteiger charge is 2.24. The topological polar surface area (TPSA) is 100 Å². The van der Waals surface area contributed by atoms with Gasteiger partial charge in [-0.15, -0.1) is 0 Å². The molecule has 45 heavy (non-hydrogen) atoms. The number of aromatic nitrogens is 3. The molecule has 0 bridgehead atoms. The Morgan fingerprint density at radius 3 is 2.38 bits per heavy atom. The molecular formula is C37H41N5O3. The van der Waals surface area contributed by atoms with Crippen LogP contribution in [0.2, 0.25) is 0 Å². The number of fused-ring (bicyclic) bond motifs is 1. The minimum absolute atomic E-state index is 0.131. The molecule has 0 aliphatic rings. The number of urea groups is 1. The van der Waals surface area contributed by atoms with Crippen LogP contribution in [0.1, 0.15) is 69.6 Å². The lowest BCUT2D eigenvalue weighted by atomic mass is 9.88. The van der Waals surface area contributed by atoms with Crippen molar-refractivity contribution in [3.63, 3.8) is 0 Å². The molecule has 0 saturated carbocycles. The van der Waals surface area contributed by atoms with E-state index in [2.05, 4.69) is 72.2 Å². The molecular weight excluding hydrogens is 562 g/mol. The molecule has 0 radical (unpaired) electrons. The van der Waals surface area contributed by atoms with E-state index in [0.717, 1.165) is 51.1 Å². The fourth-order valence-electron chi connectivity index (χ4n) is 5.46. The average Bonchev–Trinajstić information content (AvgIpc) is 3.04. The van der Waals surface area contributed by atoms with Crippen molar-refractivity contribution in [2.45, 2.75) is 59.3 Å². The van der Waals surface area contributed by atoms with E-state index in [1.165, 1.54) is 4.90 Å². The van der Waals surface area contributed by atoms with E-state index in [0.29, 0.717) is 30.9 Å². The van der Waals surface area contributed by atoms with Crippen molar-refractivity contribution in [1.29, 1.82) is 0 Å². The number of nitrogens with zero attached hydrogens (tertiary/aromatic N) is 3. The first kappa shape index (κ1) is 31.4. The maximum atomic E-state index is 14.0. The van der Waals surface area contributed by atoms with Crippen LogP contribution in [0.15, 0.2) is 90.1 Å². The molecule has 0 saturated heterocycles. The van der Waals surface area contributed by atoms with Gasteiger partial charge in [0.2, 0.25) is 0 Å². The zero-order valence-electron chi connectivity index (χ0n) is 26.6. The first-order valence-corrected chi connectivity index (χ1v) is 15.6. The van der Waals surface area contributed by atoms with Gasteiger partial charge < -0.3 is 15.0 Å². The highest BCUT2D eigenvalue weighted by atomic mass is 16.5. The Labute approximate surface area is 264 Å². The lowest BCUT2D eigenvalue weighted by molar-refractivity contribution is 0.256. The van der Waals surface area contributed by atoms with Crippen molar-refractivity contribution < 1.29 is 9.53 Å². The number of nitrogens with one attached hydrogen (secondary N) is 2. The third kappa shape index (κ3) is 7.40. The monoisotopic (exact) mass is 603 g/mol. The standard InChI is InChI=1S/C37H41N5O3/c1-6-17-42(33-22-28-12-9-16-39-35(28)41-36(33)43)37(44)40-34-31(24(2)3)20-29(21-32(34)25(4)5)27-11-7-13-30(19-27)45-18-14-26-10-8-15-38-23-26/h7-13,15-16,19-25H,6,14,17-18H2,1-5H3,(H,40,44)(H,39,41,43). The summed E-state index contributed by atoms with van der Waals surface area (Å²) >= 11 is 0. The molecule has 5 rings (SSSR count). The van der Waals surface area contributed by atoms with Gasteiger partial charge in [-0.05, 0) is 94.6 Å². The Balaban J connectivity index is 1.46. The van der Waals surface area contributed by atoms with Crippen LogP contribution in [-0.2, 0) is 6.42 Å². The van der Waals surface area contributed by atoms with Gasteiger partial charge in [0.25, 0.3) is 5.56 Å². The summed E-state index contributed by atoms with van der Waals surface area (Å²) < 4.78 is 6.11. The van der Waals surface area contributed by atoms with Crippen molar-refractivity contribution in [3.8, 4) is 16.9 Å². The van der Waals surface area contributed by atoms with E-state index in [1.807, 2.05) is 49.5 Å². The van der Waals surface area contributed by atoms with Gasteiger partial charge in [-0.1, -0.05) is 52.8 Å². The zero-order valence-corrected chi connectivity index (χ0v) is 26.6. The third-order valence-corrected chi connectivity index (χ3v) is 7.80. The Morgan fingerprint density at radius 1 is 0.933 bits per heavy atom. The number of amides is 2. The number of pyridine rings is 3. The molecule has 0 aliphatic heterocycles. The predicted octanol–water partition coefficient (Wildman–Crippen LogP) is 8.30. The highest BCUT2D eigenvalue weighted by molar-refractivity contribution is 6.03. The van der Waals surface area contributed by atoms with Crippen molar-refractivity contribution in [2.24, 2.45) is 0 Å². The van der Waals surface area contributed by atoms with Gasteiger partial charge >= 0.3 is 6.03 Å². The lowest BCUT2D eigenvalue weighted by Gasteiger charge is -2.26. The van der Waals surface area contributed by atoms with Crippen molar-refractivity contribution >= 4 is 28.4 Å². The quantitative estimate of drug-likeness (QED) is 0.158. The van der Waals surface area contributed by atoms with Gasteiger partial charge in [0.05, 0.1) is 6.61 Å². The minimum atomic E-state index is -0.351. The van der Waals surface area contributed by atoms with Gasteiger partial charge in [-0.3, -0.25) is 14.7 Å². The number of aromatic amines is 1. The van der Waals surface area contributed by atoms with Crippen LogP contribution in [0, 0.1) is 0 Å². The number of anilines is 2. The number of carbonyl (C=O) groups excluding carboxylic acids is 1. The number of hydrogen-bond donors (Lipinski definition) is 2. The molecule has 232 valence electrons. The molecule has 0 spiro atoms. The Kier molecular flexibility index (Phi) is 9.92. The second-order valence-electron chi connectivity index (χ2n) is 11.8. The van der Waals surface area contributed by atoms with E-state index in [4.69, 9.17) is 4.74 Å². The summed E-state index contributed by atoms with van der Waals surface area (Å²) in [5.41, 5.74) is 6.51. The predicted molar refractivity (Wildman–Crippen MR) is 183 cm³/mol. The molecule has 5 aromatic rings. The van der Waals surface area contributed by atoms with E-state index < -0.39 is 0 Å². The third-order valence-electron chi connectivity index (χ3n) is 7.80. The summed E-state index contributed by atoms with van der Waals surface area (Å²) in [5.74, 6) is 1.06. The second-order valence-corrected chi connectivity index (χ2v) is 11.8. The number of rotatable bonds is 11. The van der Waals surface area contributed by atoms with Crippen LogP contribution in [-0.4, -0.2) is 34.1 Å². The number of benzene rings is 2. The summed E-state index contributed by atoms with van der Waals surface area (Å²) in [6.45, 7) is 11.4. The molecule has 8 heteroatoms. The highest BCUT2D eigenvalue weighted by Crippen LogP contribution is 2.38. The Morgan fingerprint density at radius 2 is 1.69 bits per heavy atom. The smallest absolute Gasteiger partial charge is 0.326 e. The van der Waals surface area contributed by atoms with Crippen LogP contribution in [0.25, 0.3) is 22.2 Å². The molecule has 0 aliphatic carbocycles. The summed E-state index contributed by atoms with van der Waals surface area (Å²) in [6, 6.07) is 21.5. The van der Waals surface area contributed by atoms with Gasteiger partial charge in [-0.25, -0.2) is 9.78 Å². The first-order valence-electron chi connectivity index (χ1n) is 15.6. The van der Waals surface area contributed by atoms with Gasteiger partial charge in [0.15, 0.2) is 0 Å². The second kappa shape index (κ2) is 14.2. The normalized spacial score (nSPS) is 11.3. The van der Waals surface area contributed by atoms with E-state index >= 15 is 0 Å². The zero-order chi connectivity index (χ0) is 31.9. The maximum Gasteiger partial charge on any atom is 0.326 e. The van der Waals surface area contributed by atoms with Crippen LogP contribution in [0.4, 0.5) is 16.2 Å². The molecule has 0 atom stereocenters. The van der Waals surface area contributed by atoms with Gasteiger partial charge in [-0.2, -0.15) is 0 Å². The molecule has 2 amide bonds. The summed E-state index contributed by atoms with van der Waals surface area (Å²) in [6.07, 6.45) is 6.72. The van der Waals surface area contributed by atoms with Crippen molar-refractivity contribution in [1.82, 2.24) is 15.0 Å². The molecule has 0 fully saturated rings. The maximum absolute atomic E-state index is 14.0. The minimum Gasteiger partial charge on any atom is -0.493 e. The lowest BCUT2D eigenvalue weighted by Crippen LogP contribution is -2.39. The summed E-state index contributed by atoms with van der Waals surface area (Å²) in [7, 11) is 0. The number of ether oxygens (including phenoxy) is 1. The Bertz CT molecular complexity index is 1800. The fourth-order valence-corrected chi connectivity index (χ4v) is 5.46. The van der Waals surface area contributed by atoms with E-state index in [9.17, 15) is 9.59 Å². The molecule has 0 unspecified atom stereocenters. The first-order chi connectivity index (χ1) is 21.7. The molecule has 2 N–H and O–H groups in total. The van der Waals surface area contributed by atoms with Crippen LogP contribution >= 0.6 is 0 Å². The number of carbonyl (C=O) groups is 1. The van der Waals surface area contributed by atoms with Crippen molar-refractivity contribution in [3.05, 3.63) is 112 Å². The molecule has 2 aromatic carbocycles. The average molecular weight is 604 g/mol. The number of hydrogen-bond acceptors (Lipinski definition) is 5. The van der Waals surface area contributed by atoms with Crippen molar-refractivity contribution in [2.75, 3.05) is 23.4 Å². The van der Waals surface area contributed by atoms with E-state index in [1.54, 1.807) is 18.5 Å². The van der Waals surface area contributed by atoms with E-state index in [-0.39, 0.29) is 23.4 Å². The van der Waals surface area contributed by atoms with Crippen LogP contribution in [0.3, 0.4) is 0 Å².